The number of carboxylic acids is 1. The quantitative estimate of drug-likeness (QED) is 0.336. The van der Waals surface area contributed by atoms with E-state index in [-0.39, 0.29) is 13.0 Å². The predicted octanol–water partition coefficient (Wildman–Crippen LogP) is 0.837. The van der Waals surface area contributed by atoms with Gasteiger partial charge in [-0.05, 0) is 12.2 Å². The Morgan fingerprint density at radius 3 is 1.83 bits per heavy atom. The molecule has 1 aliphatic rings. The molecule has 0 atom stereocenters. The maximum atomic E-state index is 10.4. The van der Waals surface area contributed by atoms with Gasteiger partial charge in [-0.25, -0.2) is 4.98 Å². The molecule has 1 aliphatic heterocycles. The summed E-state index contributed by atoms with van der Waals surface area (Å²) in [6.45, 7) is 15.9. The maximum Gasteiger partial charge on any atom is 0.305 e. The number of nitrogens with zero attached hydrogens (tertiary/aromatic N) is 5. The van der Waals surface area contributed by atoms with Gasteiger partial charge in [0.05, 0.1) is 72.5 Å². The molecule has 0 amide bonds. The average molecular weight is 510 g/mol. The van der Waals surface area contributed by atoms with Crippen molar-refractivity contribution in [2.45, 2.75) is 6.42 Å². The number of carboxylic acid groups (broad SMARTS) is 1. The summed E-state index contributed by atoms with van der Waals surface area (Å²) in [6, 6.07) is 0. The third-order valence-corrected chi connectivity index (χ3v) is 5.18. The Labute approximate surface area is 212 Å². The van der Waals surface area contributed by atoms with Crippen LogP contribution in [0, 0.1) is 0 Å². The number of anilines is 1. The number of aliphatic carboxylic acids is 1. The van der Waals surface area contributed by atoms with Crippen LogP contribution in [0.4, 0.5) is 5.95 Å². The molecule has 12 heteroatoms. The fraction of sp³-hybridized carbons (Fsp3) is 0.667. The Bertz CT molecular complexity index is 743. The smallest absolute Gasteiger partial charge is 0.305 e. The molecule has 1 aromatic rings. The molecular formula is C24H39N5O7. The van der Waals surface area contributed by atoms with Crippen molar-refractivity contribution in [3.05, 3.63) is 24.8 Å². The van der Waals surface area contributed by atoms with E-state index in [1.807, 2.05) is 4.90 Å². The molecule has 2 rings (SSSR count). The molecule has 1 fully saturated rings. The molecule has 0 saturated carbocycles. The topological polar surface area (TPSA) is 129 Å². The summed E-state index contributed by atoms with van der Waals surface area (Å²) in [6.07, 6.45) is 3.19. The molecule has 0 unspecified atom stereocenters. The van der Waals surface area contributed by atoms with Crippen LogP contribution in [-0.4, -0.2) is 130 Å². The number of carbonyl (C=O) groups is 1. The molecule has 0 aliphatic carbocycles. The molecule has 0 bridgehead atoms. The molecule has 202 valence electrons. The van der Waals surface area contributed by atoms with Crippen LogP contribution < -0.4 is 4.90 Å². The van der Waals surface area contributed by atoms with Crippen molar-refractivity contribution in [2.75, 3.05) is 104 Å². The van der Waals surface area contributed by atoms with E-state index in [4.69, 9.17) is 28.8 Å². The molecule has 0 aromatic carbocycles. The molecule has 1 aromatic heterocycles. The maximum absolute atomic E-state index is 10.4. The van der Waals surface area contributed by atoms with Crippen molar-refractivity contribution in [3.63, 3.8) is 0 Å². The Morgan fingerprint density at radius 1 is 0.806 bits per heavy atom. The summed E-state index contributed by atoms with van der Waals surface area (Å²) in [4.78, 5) is 27.8. The van der Waals surface area contributed by atoms with Crippen molar-refractivity contribution in [1.29, 1.82) is 0 Å². The van der Waals surface area contributed by atoms with Crippen molar-refractivity contribution in [2.24, 2.45) is 0 Å². The van der Waals surface area contributed by atoms with Gasteiger partial charge in [-0.1, -0.05) is 13.2 Å². The Balaban J connectivity index is 1.62. The first kappa shape index (κ1) is 29.7. The lowest BCUT2D eigenvalue weighted by molar-refractivity contribution is -0.138. The highest BCUT2D eigenvalue weighted by Gasteiger charge is 2.14. The van der Waals surface area contributed by atoms with Crippen molar-refractivity contribution in [3.8, 4) is 0 Å². The summed E-state index contributed by atoms with van der Waals surface area (Å²) in [5.74, 6) is 0.712. The minimum atomic E-state index is -0.868. The zero-order valence-corrected chi connectivity index (χ0v) is 21.0. The van der Waals surface area contributed by atoms with Crippen LogP contribution in [0.3, 0.4) is 0 Å². The lowest BCUT2D eigenvalue weighted by atomic mass is 10.4. The first-order valence-corrected chi connectivity index (χ1v) is 12.2. The van der Waals surface area contributed by atoms with Crippen molar-refractivity contribution in [1.82, 2.24) is 19.9 Å². The third kappa shape index (κ3) is 13.0. The molecule has 1 N–H and O–H groups in total. The van der Waals surface area contributed by atoms with Gasteiger partial charge in [0.2, 0.25) is 5.95 Å². The zero-order valence-electron chi connectivity index (χ0n) is 21.0. The summed E-state index contributed by atoms with van der Waals surface area (Å²) in [5, 5.41) is 8.53. The highest BCUT2D eigenvalue weighted by molar-refractivity contribution is 5.66. The molecule has 12 nitrogen and oxygen atoms in total. The number of rotatable bonds is 15. The number of ether oxygens (including phenoxy) is 5. The standard InChI is InChI=1S/C24H39N5O7/c1-3-21-25-22(4-2)27-24(26-21)29-9-15-33-12-6-28(7-13-34-16-10-29)8-14-35-18-20-36-19-17-32-11-5-23(30)31/h3-4H,1-2,5-20H2,(H,30,31). The van der Waals surface area contributed by atoms with Gasteiger partial charge in [0.25, 0.3) is 0 Å². The van der Waals surface area contributed by atoms with Gasteiger partial charge >= 0.3 is 5.97 Å². The molecule has 0 spiro atoms. The largest absolute Gasteiger partial charge is 0.481 e. The normalized spacial score (nSPS) is 16.2. The van der Waals surface area contributed by atoms with Gasteiger partial charge in [-0.3, -0.25) is 9.69 Å². The van der Waals surface area contributed by atoms with Crippen molar-refractivity contribution < 1.29 is 33.6 Å². The second kappa shape index (κ2) is 18.7. The number of aromatic nitrogens is 3. The molecular weight excluding hydrogens is 470 g/mol. The fourth-order valence-corrected chi connectivity index (χ4v) is 3.20. The van der Waals surface area contributed by atoms with Crippen LogP contribution in [0.25, 0.3) is 12.2 Å². The molecule has 1 saturated heterocycles. The van der Waals surface area contributed by atoms with E-state index in [0.717, 1.165) is 19.6 Å². The minimum Gasteiger partial charge on any atom is -0.481 e. The van der Waals surface area contributed by atoms with E-state index in [2.05, 4.69) is 33.0 Å². The minimum absolute atomic E-state index is 0.00241. The van der Waals surface area contributed by atoms with E-state index >= 15 is 0 Å². The van der Waals surface area contributed by atoms with Crippen LogP contribution in [-0.2, 0) is 28.5 Å². The lowest BCUT2D eigenvalue weighted by Crippen LogP contribution is -2.38. The van der Waals surface area contributed by atoms with E-state index in [0.29, 0.717) is 90.1 Å². The van der Waals surface area contributed by atoms with Gasteiger partial charge < -0.3 is 33.7 Å². The van der Waals surface area contributed by atoms with Crippen LogP contribution in [0.1, 0.15) is 18.1 Å². The average Bonchev–Trinajstić information content (AvgIpc) is 2.87. The zero-order chi connectivity index (χ0) is 25.8. The highest BCUT2D eigenvalue weighted by atomic mass is 16.5. The fourth-order valence-electron chi connectivity index (χ4n) is 3.20. The van der Waals surface area contributed by atoms with E-state index in [9.17, 15) is 4.79 Å². The molecule has 2 heterocycles. The summed E-state index contributed by atoms with van der Waals surface area (Å²) in [7, 11) is 0. The van der Waals surface area contributed by atoms with Gasteiger partial charge in [0, 0.05) is 32.7 Å². The summed E-state index contributed by atoms with van der Waals surface area (Å²) >= 11 is 0. The predicted molar refractivity (Wildman–Crippen MR) is 135 cm³/mol. The number of hydrogen-bond donors (Lipinski definition) is 1. The highest BCUT2D eigenvalue weighted by Crippen LogP contribution is 2.10. The van der Waals surface area contributed by atoms with Gasteiger partial charge in [-0.15, -0.1) is 0 Å². The second-order valence-corrected chi connectivity index (χ2v) is 7.79. The third-order valence-electron chi connectivity index (χ3n) is 5.18. The molecule has 36 heavy (non-hydrogen) atoms. The Hall–Kier alpha value is -2.48. The van der Waals surface area contributed by atoms with E-state index in [1.165, 1.54) is 0 Å². The van der Waals surface area contributed by atoms with Crippen LogP contribution in [0.15, 0.2) is 13.2 Å². The lowest BCUT2D eigenvalue weighted by Gasteiger charge is -2.26. The monoisotopic (exact) mass is 509 g/mol. The van der Waals surface area contributed by atoms with Gasteiger partial charge in [0.15, 0.2) is 11.6 Å². The Morgan fingerprint density at radius 2 is 1.31 bits per heavy atom. The van der Waals surface area contributed by atoms with E-state index in [1.54, 1.807) is 12.2 Å². The number of hydrogen-bond acceptors (Lipinski definition) is 11. The van der Waals surface area contributed by atoms with Crippen LogP contribution >= 0.6 is 0 Å². The summed E-state index contributed by atoms with van der Waals surface area (Å²) in [5.41, 5.74) is 0. The van der Waals surface area contributed by atoms with Gasteiger partial charge in [0.1, 0.15) is 0 Å². The van der Waals surface area contributed by atoms with Gasteiger partial charge in [-0.2, -0.15) is 9.97 Å². The van der Waals surface area contributed by atoms with Crippen LogP contribution in [0.5, 0.6) is 0 Å². The van der Waals surface area contributed by atoms with Crippen LogP contribution in [0.2, 0.25) is 0 Å². The Kier molecular flexibility index (Phi) is 15.5. The van der Waals surface area contributed by atoms with Crippen molar-refractivity contribution >= 4 is 24.1 Å². The summed E-state index contributed by atoms with van der Waals surface area (Å²) < 4.78 is 28.0. The first-order chi connectivity index (χ1) is 17.6. The first-order valence-electron chi connectivity index (χ1n) is 12.2. The SMILES string of the molecule is C=Cc1nc(C=C)nc(N2CCOCCN(CCOCCOCCOCCC(=O)O)CCOCC2)n1. The molecule has 0 radical (unpaired) electrons. The van der Waals surface area contributed by atoms with E-state index < -0.39 is 5.97 Å². The second-order valence-electron chi connectivity index (χ2n) is 7.79.